The van der Waals surface area contributed by atoms with Crippen molar-refractivity contribution in [1.29, 1.82) is 0 Å². The minimum Gasteiger partial charge on any atom is -0.497 e. The van der Waals surface area contributed by atoms with Crippen LogP contribution in [0.15, 0.2) is 24.3 Å². The lowest BCUT2D eigenvalue weighted by Gasteiger charge is -2.30. The lowest BCUT2D eigenvalue weighted by molar-refractivity contribution is -0.0518. The Bertz CT molecular complexity index is 983. The summed E-state index contributed by atoms with van der Waals surface area (Å²) in [5.41, 5.74) is -0.704. The quantitative estimate of drug-likeness (QED) is 0.210. The summed E-state index contributed by atoms with van der Waals surface area (Å²) in [7, 11) is 1.58. The predicted molar refractivity (Wildman–Crippen MR) is 153 cm³/mol. The number of benzene rings is 1. The van der Waals surface area contributed by atoms with Gasteiger partial charge in [-0.05, 0) is 78.0 Å². The van der Waals surface area contributed by atoms with Gasteiger partial charge < -0.3 is 33.7 Å². The van der Waals surface area contributed by atoms with Crippen molar-refractivity contribution in [2.75, 3.05) is 33.4 Å². The fourth-order valence-corrected chi connectivity index (χ4v) is 4.12. The maximum absolute atomic E-state index is 13.3. The first-order valence-corrected chi connectivity index (χ1v) is 14.1. The van der Waals surface area contributed by atoms with Crippen LogP contribution in [0, 0.1) is 5.92 Å². The molecule has 0 bridgehead atoms. The van der Waals surface area contributed by atoms with Crippen LogP contribution < -0.4 is 10.1 Å². The minimum atomic E-state index is -0.991. The zero-order valence-electron chi connectivity index (χ0n) is 26.0. The zero-order valence-corrected chi connectivity index (χ0v) is 26.0. The molecule has 0 radical (unpaired) electrons. The van der Waals surface area contributed by atoms with Crippen molar-refractivity contribution in [3.63, 3.8) is 0 Å². The predicted octanol–water partition coefficient (Wildman–Crippen LogP) is 5.33. The second-order valence-corrected chi connectivity index (χ2v) is 12.5. The molecule has 0 aromatic heterocycles. The van der Waals surface area contributed by atoms with Gasteiger partial charge in [0.2, 0.25) is 0 Å². The average molecular weight is 581 g/mol. The van der Waals surface area contributed by atoms with E-state index in [0.717, 1.165) is 5.56 Å². The van der Waals surface area contributed by atoms with Crippen LogP contribution in [-0.2, 0) is 30.1 Å². The molecule has 2 rings (SSSR count). The number of hydrogen-bond donors (Lipinski definition) is 1. The van der Waals surface area contributed by atoms with Crippen molar-refractivity contribution in [3.8, 4) is 5.75 Å². The Morgan fingerprint density at radius 2 is 1.61 bits per heavy atom. The first-order chi connectivity index (χ1) is 19.1. The number of carbonyl (C=O) groups excluding carboxylic acids is 3. The molecule has 41 heavy (non-hydrogen) atoms. The number of ether oxygens (including phenoxy) is 6. The molecular weight excluding hydrogens is 532 g/mol. The van der Waals surface area contributed by atoms with E-state index in [1.165, 1.54) is 4.90 Å². The van der Waals surface area contributed by atoms with Gasteiger partial charge >= 0.3 is 18.3 Å². The smallest absolute Gasteiger partial charge is 0.497 e. The largest absolute Gasteiger partial charge is 0.509 e. The molecule has 1 N–H and O–H groups in total. The van der Waals surface area contributed by atoms with Gasteiger partial charge in [-0.15, -0.1) is 0 Å². The van der Waals surface area contributed by atoms with E-state index in [4.69, 9.17) is 28.4 Å². The molecule has 3 atom stereocenters. The highest BCUT2D eigenvalue weighted by Crippen LogP contribution is 2.30. The normalized spacial score (nSPS) is 19.1. The van der Waals surface area contributed by atoms with Crippen molar-refractivity contribution < 1.29 is 42.8 Å². The summed E-state index contributed by atoms with van der Waals surface area (Å²) < 4.78 is 33.3. The monoisotopic (exact) mass is 580 g/mol. The van der Waals surface area contributed by atoms with Gasteiger partial charge in [0.25, 0.3) is 0 Å². The highest BCUT2D eigenvalue weighted by atomic mass is 16.7. The van der Waals surface area contributed by atoms with Crippen molar-refractivity contribution in [2.45, 2.75) is 97.7 Å². The van der Waals surface area contributed by atoms with Crippen LogP contribution in [0.5, 0.6) is 5.75 Å². The van der Waals surface area contributed by atoms with Gasteiger partial charge in [0.05, 0.1) is 19.7 Å². The third-order valence-corrected chi connectivity index (χ3v) is 5.82. The van der Waals surface area contributed by atoms with Crippen LogP contribution in [0.25, 0.3) is 0 Å². The maximum atomic E-state index is 13.3. The molecule has 11 heteroatoms. The van der Waals surface area contributed by atoms with E-state index in [0.29, 0.717) is 44.3 Å². The fraction of sp³-hybridized carbons (Fsp3) is 0.700. The van der Waals surface area contributed by atoms with Gasteiger partial charge in [0.1, 0.15) is 17.0 Å². The number of nitrogens with one attached hydrogen (secondary N) is 1. The van der Waals surface area contributed by atoms with Gasteiger partial charge in [-0.25, -0.2) is 14.4 Å². The highest BCUT2D eigenvalue weighted by Gasteiger charge is 2.50. The molecule has 1 aliphatic rings. The third kappa shape index (κ3) is 12.5. The van der Waals surface area contributed by atoms with E-state index in [1.54, 1.807) is 60.8 Å². The van der Waals surface area contributed by atoms with Crippen molar-refractivity contribution in [1.82, 2.24) is 10.2 Å². The average Bonchev–Trinajstić information content (AvgIpc) is 3.15. The Labute approximate surface area is 244 Å². The van der Waals surface area contributed by atoms with Crippen molar-refractivity contribution in [2.24, 2.45) is 5.92 Å². The summed E-state index contributed by atoms with van der Waals surface area (Å²) in [5.74, 6) is 1.10. The summed E-state index contributed by atoms with van der Waals surface area (Å²) >= 11 is 0. The Hall–Kier alpha value is -3.21. The summed E-state index contributed by atoms with van der Waals surface area (Å²) in [5, 5.41) is 2.73. The molecule has 0 unspecified atom stereocenters. The van der Waals surface area contributed by atoms with E-state index in [1.807, 2.05) is 12.1 Å². The SMILES string of the molecule is COc1ccc(C[C@@H]2[C@H](OC(=O)NCCCOCC(C)C)[C@@H](OC(=O)OC(C)(C)C)CN2C(=O)OC(C)(C)C)cc1. The molecule has 1 heterocycles. The van der Waals surface area contributed by atoms with Crippen LogP contribution in [0.4, 0.5) is 14.4 Å². The number of carbonyl (C=O) groups is 3. The van der Waals surface area contributed by atoms with Gasteiger partial charge in [-0.3, -0.25) is 4.90 Å². The van der Waals surface area contributed by atoms with Crippen LogP contribution in [0.3, 0.4) is 0 Å². The van der Waals surface area contributed by atoms with E-state index in [2.05, 4.69) is 19.2 Å². The minimum absolute atomic E-state index is 0.0457. The molecule has 1 aromatic rings. The molecule has 1 aliphatic heterocycles. The summed E-state index contributed by atoms with van der Waals surface area (Å²) in [6.07, 6.45) is -3.30. The second kappa shape index (κ2) is 15.1. The lowest BCUT2D eigenvalue weighted by atomic mass is 10.0. The van der Waals surface area contributed by atoms with Gasteiger partial charge in [0, 0.05) is 19.8 Å². The third-order valence-electron chi connectivity index (χ3n) is 5.82. The molecule has 2 amide bonds. The number of hydrogen-bond acceptors (Lipinski definition) is 9. The van der Waals surface area contributed by atoms with Crippen LogP contribution in [-0.4, -0.2) is 86.1 Å². The summed E-state index contributed by atoms with van der Waals surface area (Å²) in [6.45, 7) is 16.0. The zero-order chi connectivity index (χ0) is 30.8. The molecule has 0 aliphatic carbocycles. The Morgan fingerprint density at radius 3 is 2.17 bits per heavy atom. The Kier molecular flexibility index (Phi) is 12.6. The molecule has 1 saturated heterocycles. The summed E-state index contributed by atoms with van der Waals surface area (Å²) in [6, 6.07) is 6.65. The number of rotatable bonds is 11. The first-order valence-electron chi connectivity index (χ1n) is 14.1. The van der Waals surface area contributed by atoms with Crippen LogP contribution >= 0.6 is 0 Å². The number of methoxy groups -OCH3 is 1. The lowest BCUT2D eigenvalue weighted by Crippen LogP contribution is -2.46. The van der Waals surface area contributed by atoms with Crippen LogP contribution in [0.2, 0.25) is 0 Å². The molecule has 0 saturated carbocycles. The molecule has 1 aromatic carbocycles. The van der Waals surface area contributed by atoms with E-state index in [9.17, 15) is 14.4 Å². The standard InChI is InChI=1S/C30H48N2O9/c1-20(2)19-37-16-10-15-31-26(33)39-25-23(17-21-11-13-22(36-9)14-12-21)32(27(34)40-29(3,4)5)18-24(25)38-28(35)41-30(6,7)8/h11-14,20,23-25H,10,15-19H2,1-9H3,(H,31,33)/t23-,24+,25+/m1/s1. The van der Waals surface area contributed by atoms with Crippen molar-refractivity contribution in [3.05, 3.63) is 29.8 Å². The van der Waals surface area contributed by atoms with E-state index < -0.39 is 47.8 Å². The Balaban J connectivity index is 2.28. The molecule has 1 fully saturated rings. The fourth-order valence-electron chi connectivity index (χ4n) is 4.12. The number of nitrogens with zero attached hydrogens (tertiary/aromatic N) is 1. The number of amides is 2. The van der Waals surface area contributed by atoms with E-state index >= 15 is 0 Å². The first kappa shape index (κ1) is 34.0. The second-order valence-electron chi connectivity index (χ2n) is 12.5. The Morgan fingerprint density at radius 1 is 0.976 bits per heavy atom. The number of alkyl carbamates (subject to hydrolysis) is 1. The topological polar surface area (TPSA) is 122 Å². The molecular formula is C30H48N2O9. The summed E-state index contributed by atoms with van der Waals surface area (Å²) in [4.78, 5) is 40.3. The van der Waals surface area contributed by atoms with Gasteiger partial charge in [-0.2, -0.15) is 0 Å². The maximum Gasteiger partial charge on any atom is 0.509 e. The number of likely N-dealkylation sites (tertiary alicyclic amines) is 1. The van der Waals surface area contributed by atoms with Crippen LogP contribution in [0.1, 0.15) is 67.4 Å². The van der Waals surface area contributed by atoms with Gasteiger partial charge in [-0.1, -0.05) is 26.0 Å². The molecule has 232 valence electrons. The van der Waals surface area contributed by atoms with E-state index in [-0.39, 0.29) is 6.54 Å². The van der Waals surface area contributed by atoms with Crippen molar-refractivity contribution >= 4 is 18.3 Å². The van der Waals surface area contributed by atoms with Gasteiger partial charge in [0.15, 0.2) is 12.2 Å². The highest BCUT2D eigenvalue weighted by molar-refractivity contribution is 5.71. The molecule has 0 spiro atoms. The molecule has 11 nitrogen and oxygen atoms in total.